The molecule has 17 heavy (non-hydrogen) atoms. The van der Waals surface area contributed by atoms with E-state index in [9.17, 15) is 8.42 Å². The normalized spacial score (nSPS) is 11.6. The van der Waals surface area contributed by atoms with Crippen molar-refractivity contribution < 1.29 is 8.42 Å². The first-order valence-corrected chi connectivity index (χ1v) is 6.49. The van der Waals surface area contributed by atoms with E-state index in [2.05, 4.69) is 15.1 Å². The highest BCUT2D eigenvalue weighted by Crippen LogP contribution is 2.11. The van der Waals surface area contributed by atoms with Crippen LogP contribution in [-0.4, -0.2) is 28.2 Å². The first kappa shape index (κ1) is 11.7. The SMILES string of the molecule is Cc1nn(-c2cnccn2)cc1CS(N)(=O)=O. The summed E-state index contributed by atoms with van der Waals surface area (Å²) in [4.78, 5) is 7.97. The predicted octanol–water partition coefficient (Wildman–Crippen LogP) is -0.241. The monoisotopic (exact) mass is 253 g/mol. The fraction of sp³-hybridized carbons (Fsp3) is 0.222. The zero-order valence-electron chi connectivity index (χ0n) is 9.11. The molecule has 0 aliphatic heterocycles. The van der Waals surface area contributed by atoms with Crippen LogP contribution in [-0.2, 0) is 15.8 Å². The quantitative estimate of drug-likeness (QED) is 0.813. The summed E-state index contributed by atoms with van der Waals surface area (Å²) < 4.78 is 23.5. The average molecular weight is 253 g/mol. The number of rotatable bonds is 3. The summed E-state index contributed by atoms with van der Waals surface area (Å²) in [5.41, 5.74) is 1.16. The van der Waals surface area contributed by atoms with E-state index in [4.69, 9.17) is 5.14 Å². The summed E-state index contributed by atoms with van der Waals surface area (Å²) in [7, 11) is -3.56. The van der Waals surface area contributed by atoms with Gasteiger partial charge >= 0.3 is 0 Å². The maximum absolute atomic E-state index is 11.0. The maximum Gasteiger partial charge on any atom is 0.213 e. The second-order valence-electron chi connectivity index (χ2n) is 3.56. The van der Waals surface area contributed by atoms with Crippen LogP contribution in [0.1, 0.15) is 11.3 Å². The predicted molar refractivity (Wildman–Crippen MR) is 60.7 cm³/mol. The van der Waals surface area contributed by atoms with Crippen molar-refractivity contribution in [3.05, 3.63) is 36.0 Å². The van der Waals surface area contributed by atoms with Crippen LogP contribution < -0.4 is 5.14 Å². The molecule has 0 saturated carbocycles. The average Bonchev–Trinajstić information content (AvgIpc) is 2.59. The summed E-state index contributed by atoms with van der Waals surface area (Å²) in [6, 6.07) is 0. The van der Waals surface area contributed by atoms with E-state index in [1.807, 2.05) is 0 Å². The van der Waals surface area contributed by atoms with Gasteiger partial charge in [0, 0.05) is 24.2 Å². The molecule has 7 nitrogen and oxygen atoms in total. The van der Waals surface area contributed by atoms with Gasteiger partial charge in [-0.15, -0.1) is 0 Å². The van der Waals surface area contributed by atoms with Gasteiger partial charge in [0.2, 0.25) is 10.0 Å². The minimum atomic E-state index is -3.56. The van der Waals surface area contributed by atoms with Crippen LogP contribution in [0.4, 0.5) is 0 Å². The number of primary sulfonamides is 1. The van der Waals surface area contributed by atoms with Crippen LogP contribution in [0.15, 0.2) is 24.8 Å². The van der Waals surface area contributed by atoms with Crippen LogP contribution in [0.2, 0.25) is 0 Å². The smallest absolute Gasteiger partial charge is 0.213 e. The maximum atomic E-state index is 11.0. The van der Waals surface area contributed by atoms with Crippen LogP contribution in [0, 0.1) is 6.92 Å². The largest absolute Gasteiger partial charge is 0.259 e. The van der Waals surface area contributed by atoms with Crippen LogP contribution in [0.5, 0.6) is 0 Å². The van der Waals surface area contributed by atoms with E-state index in [1.54, 1.807) is 19.3 Å². The Hall–Kier alpha value is -1.80. The fourth-order valence-electron chi connectivity index (χ4n) is 1.38. The molecule has 0 aromatic carbocycles. The summed E-state index contributed by atoms with van der Waals surface area (Å²) in [6.45, 7) is 1.72. The molecule has 0 unspecified atom stereocenters. The molecular formula is C9H11N5O2S. The molecule has 0 radical (unpaired) electrons. The van der Waals surface area contributed by atoms with Crippen molar-refractivity contribution in [3.8, 4) is 5.82 Å². The van der Waals surface area contributed by atoms with Crippen molar-refractivity contribution in [2.75, 3.05) is 0 Å². The number of sulfonamides is 1. The number of aromatic nitrogens is 4. The van der Waals surface area contributed by atoms with Gasteiger partial charge in [-0.25, -0.2) is 23.2 Å². The van der Waals surface area contributed by atoms with Crippen molar-refractivity contribution >= 4 is 10.0 Å². The number of aryl methyl sites for hydroxylation is 1. The Bertz CT molecular complexity index is 620. The van der Waals surface area contributed by atoms with E-state index >= 15 is 0 Å². The molecule has 0 aliphatic carbocycles. The Morgan fingerprint density at radius 2 is 2.18 bits per heavy atom. The topological polar surface area (TPSA) is 104 Å². The fourth-order valence-corrected chi connectivity index (χ4v) is 2.10. The number of nitrogens with two attached hydrogens (primary N) is 1. The molecule has 2 aromatic rings. The summed E-state index contributed by atoms with van der Waals surface area (Å²) in [6.07, 6.45) is 6.20. The second kappa shape index (κ2) is 4.22. The molecule has 0 bridgehead atoms. The minimum absolute atomic E-state index is 0.237. The van der Waals surface area contributed by atoms with Crippen LogP contribution >= 0.6 is 0 Å². The Morgan fingerprint density at radius 3 is 2.76 bits per heavy atom. The van der Waals surface area contributed by atoms with Gasteiger partial charge in [-0.2, -0.15) is 5.10 Å². The van der Waals surface area contributed by atoms with E-state index in [-0.39, 0.29) is 5.75 Å². The number of hydrogen-bond acceptors (Lipinski definition) is 5. The molecular weight excluding hydrogens is 242 g/mol. The minimum Gasteiger partial charge on any atom is -0.259 e. The third-order valence-corrected chi connectivity index (χ3v) is 2.85. The molecule has 90 valence electrons. The summed E-state index contributed by atoms with van der Waals surface area (Å²) in [5.74, 6) is 0.287. The zero-order chi connectivity index (χ0) is 12.5. The molecule has 0 fully saturated rings. The third-order valence-electron chi connectivity index (χ3n) is 2.14. The molecule has 0 spiro atoms. The molecule has 2 N–H and O–H groups in total. The van der Waals surface area contributed by atoms with Gasteiger partial charge in [-0.05, 0) is 6.92 Å². The Morgan fingerprint density at radius 1 is 1.41 bits per heavy atom. The van der Waals surface area contributed by atoms with Crippen molar-refractivity contribution in [2.24, 2.45) is 5.14 Å². The molecule has 0 aliphatic rings. The van der Waals surface area contributed by atoms with Crippen molar-refractivity contribution in [1.82, 2.24) is 19.7 Å². The molecule has 8 heteroatoms. The highest BCUT2D eigenvalue weighted by molar-refractivity contribution is 7.88. The van der Waals surface area contributed by atoms with E-state index in [1.165, 1.54) is 17.1 Å². The van der Waals surface area contributed by atoms with Gasteiger partial charge in [-0.1, -0.05) is 0 Å². The summed E-state index contributed by atoms with van der Waals surface area (Å²) >= 11 is 0. The number of nitrogens with zero attached hydrogens (tertiary/aromatic N) is 4. The van der Waals surface area contributed by atoms with Gasteiger partial charge in [0.05, 0.1) is 17.6 Å². The Kier molecular flexibility index (Phi) is 2.90. The second-order valence-corrected chi connectivity index (χ2v) is 5.17. The molecule has 0 atom stereocenters. The third kappa shape index (κ3) is 2.86. The van der Waals surface area contributed by atoms with Crippen molar-refractivity contribution in [3.63, 3.8) is 0 Å². The lowest BCUT2D eigenvalue weighted by molar-refractivity contribution is 0.597. The van der Waals surface area contributed by atoms with E-state index < -0.39 is 10.0 Å². The lowest BCUT2D eigenvalue weighted by Gasteiger charge is -1.97. The van der Waals surface area contributed by atoms with Crippen LogP contribution in [0.25, 0.3) is 5.82 Å². The number of hydrogen-bond donors (Lipinski definition) is 1. The lowest BCUT2D eigenvalue weighted by Crippen LogP contribution is -2.14. The molecule has 2 aromatic heterocycles. The Labute approximate surface area is 98.4 Å². The first-order chi connectivity index (χ1) is 7.96. The van der Waals surface area contributed by atoms with Gasteiger partial charge in [0.15, 0.2) is 5.82 Å². The van der Waals surface area contributed by atoms with Crippen molar-refractivity contribution in [1.29, 1.82) is 0 Å². The van der Waals surface area contributed by atoms with Gasteiger partial charge in [0.25, 0.3) is 0 Å². The Balaban J connectivity index is 2.38. The van der Waals surface area contributed by atoms with Gasteiger partial charge < -0.3 is 0 Å². The molecule has 0 saturated heterocycles. The standard InChI is InChI=1S/C9H11N5O2S/c1-7-8(6-17(10,15)16)5-14(13-7)9-4-11-2-3-12-9/h2-5H,6H2,1H3,(H2,10,15,16). The zero-order valence-corrected chi connectivity index (χ0v) is 9.92. The van der Waals surface area contributed by atoms with E-state index in [0.717, 1.165) is 0 Å². The van der Waals surface area contributed by atoms with Gasteiger partial charge in [-0.3, -0.25) is 4.98 Å². The van der Waals surface area contributed by atoms with Crippen molar-refractivity contribution in [2.45, 2.75) is 12.7 Å². The molecule has 0 amide bonds. The highest BCUT2D eigenvalue weighted by atomic mass is 32.2. The molecule has 2 rings (SSSR count). The highest BCUT2D eigenvalue weighted by Gasteiger charge is 2.12. The molecule has 2 heterocycles. The van der Waals surface area contributed by atoms with Gasteiger partial charge in [0.1, 0.15) is 0 Å². The first-order valence-electron chi connectivity index (χ1n) is 4.78. The lowest BCUT2D eigenvalue weighted by atomic mass is 10.3. The van der Waals surface area contributed by atoms with Crippen LogP contribution in [0.3, 0.4) is 0 Å². The van der Waals surface area contributed by atoms with E-state index in [0.29, 0.717) is 17.1 Å². The summed E-state index contributed by atoms with van der Waals surface area (Å²) in [5, 5.41) is 9.15.